The van der Waals surface area contributed by atoms with Gasteiger partial charge in [0.25, 0.3) is 0 Å². The summed E-state index contributed by atoms with van der Waals surface area (Å²) < 4.78 is 0. The second kappa shape index (κ2) is 8.41. The maximum atomic E-state index is 12.5. The Morgan fingerprint density at radius 3 is 1.34 bits per heavy atom. The van der Waals surface area contributed by atoms with Gasteiger partial charge >= 0.3 is 0 Å². The Bertz CT molecular complexity index is 1120. The highest BCUT2D eigenvalue weighted by atomic mass is 16.3. The number of rotatable bonds is 5. The number of benzene rings is 4. The summed E-state index contributed by atoms with van der Waals surface area (Å²) in [4.78, 5) is 12.5. The second-order valence-corrected chi connectivity index (χ2v) is 6.76. The lowest BCUT2D eigenvalue weighted by atomic mass is 10.0. The first-order chi connectivity index (χ1) is 14.2. The van der Waals surface area contributed by atoms with Crippen molar-refractivity contribution in [3.63, 3.8) is 0 Å². The third-order valence-electron chi connectivity index (χ3n) is 4.82. The van der Waals surface area contributed by atoms with E-state index in [4.69, 9.17) is 0 Å². The van der Waals surface area contributed by atoms with Crippen molar-refractivity contribution < 1.29 is 9.90 Å². The van der Waals surface area contributed by atoms with Crippen LogP contribution in [0.3, 0.4) is 0 Å². The quantitative estimate of drug-likeness (QED) is 0.259. The lowest BCUT2D eigenvalue weighted by molar-refractivity contribution is -0.243. The zero-order valence-electron chi connectivity index (χ0n) is 15.8. The van der Waals surface area contributed by atoms with Crippen LogP contribution in [0.2, 0.25) is 0 Å². The van der Waals surface area contributed by atoms with Gasteiger partial charge in [0.1, 0.15) is 0 Å². The van der Waals surface area contributed by atoms with Crippen molar-refractivity contribution in [3.05, 3.63) is 126 Å². The van der Waals surface area contributed by atoms with Crippen LogP contribution >= 0.6 is 0 Å². The van der Waals surface area contributed by atoms with Gasteiger partial charge in [0.2, 0.25) is 0 Å². The first-order valence-electron chi connectivity index (χ1n) is 9.45. The average molecular weight is 375 g/mol. The monoisotopic (exact) mass is 375 g/mol. The molecule has 0 N–H and O–H groups in total. The van der Waals surface area contributed by atoms with Gasteiger partial charge in [-0.3, -0.25) is 4.79 Å². The molecule has 0 aliphatic rings. The highest BCUT2D eigenvalue weighted by Crippen LogP contribution is 2.22. The van der Waals surface area contributed by atoms with Gasteiger partial charge in [-0.1, -0.05) is 115 Å². The average Bonchev–Trinajstić information content (AvgIpc) is 2.80. The zero-order valence-corrected chi connectivity index (χ0v) is 15.8. The smallest absolute Gasteiger partial charge is 0.185 e. The molecule has 0 fully saturated rings. The Balaban J connectivity index is 1.50. The van der Waals surface area contributed by atoms with Crippen LogP contribution < -0.4 is 5.11 Å². The van der Waals surface area contributed by atoms with Crippen molar-refractivity contribution >= 4 is 11.5 Å². The number of hydrogen-bond acceptors (Lipinski definition) is 2. The minimum absolute atomic E-state index is 0.290. The summed E-state index contributed by atoms with van der Waals surface area (Å²) in [6.45, 7) is 0. The van der Waals surface area contributed by atoms with E-state index in [1.54, 1.807) is 24.3 Å². The van der Waals surface area contributed by atoms with Gasteiger partial charge in [-0.15, -0.1) is 0 Å². The Kier molecular flexibility index (Phi) is 5.35. The molecule has 0 unspecified atom stereocenters. The molecule has 0 saturated heterocycles. The standard InChI is InChI=1S/C27H20O2/c28-26(24-15-11-22(12-16-24)20-7-3-1-4-8-20)19-27(29)25-17-13-23(14-18-25)21-9-5-2-6-10-21/h1-19,28H/p-1/b26-19-. The van der Waals surface area contributed by atoms with Crippen molar-refractivity contribution in [2.24, 2.45) is 0 Å². The normalized spacial score (nSPS) is 11.2. The summed E-state index contributed by atoms with van der Waals surface area (Å²) in [5.74, 6) is -0.580. The highest BCUT2D eigenvalue weighted by Gasteiger charge is 2.04. The molecule has 0 bridgehead atoms. The SMILES string of the molecule is O=C(/C=C(\[O-])c1ccc(-c2ccccc2)cc1)c1ccc(-c2ccccc2)cc1. The van der Waals surface area contributed by atoms with Gasteiger partial charge in [-0.2, -0.15) is 0 Å². The number of carbonyl (C=O) groups excluding carboxylic acids is 1. The third-order valence-corrected chi connectivity index (χ3v) is 4.82. The van der Waals surface area contributed by atoms with Crippen molar-refractivity contribution in [3.8, 4) is 22.3 Å². The summed E-state index contributed by atoms with van der Waals surface area (Å²) in [5.41, 5.74) is 5.24. The maximum absolute atomic E-state index is 12.5. The van der Waals surface area contributed by atoms with E-state index in [-0.39, 0.29) is 11.5 Å². The lowest BCUT2D eigenvalue weighted by Gasteiger charge is -2.13. The van der Waals surface area contributed by atoms with Crippen molar-refractivity contribution in [2.45, 2.75) is 0 Å². The van der Waals surface area contributed by atoms with Gasteiger partial charge in [-0.05, 0) is 33.9 Å². The van der Waals surface area contributed by atoms with E-state index < -0.39 is 0 Å². The van der Waals surface area contributed by atoms with Gasteiger partial charge in [0.15, 0.2) is 5.78 Å². The predicted octanol–water partition coefficient (Wildman–Crippen LogP) is 5.60. The van der Waals surface area contributed by atoms with Gasteiger partial charge in [0, 0.05) is 5.56 Å². The molecular weight excluding hydrogens is 356 g/mol. The molecule has 2 nitrogen and oxygen atoms in total. The zero-order chi connectivity index (χ0) is 20.1. The number of ketones is 1. The van der Waals surface area contributed by atoms with Gasteiger partial charge in [0.05, 0.1) is 0 Å². The van der Waals surface area contributed by atoms with Crippen LogP contribution in [0.4, 0.5) is 0 Å². The van der Waals surface area contributed by atoms with Crippen molar-refractivity contribution in [2.75, 3.05) is 0 Å². The Labute approximate surface area is 170 Å². The van der Waals surface area contributed by atoms with E-state index in [0.29, 0.717) is 11.1 Å². The van der Waals surface area contributed by atoms with Crippen LogP contribution in [0.1, 0.15) is 15.9 Å². The summed E-state index contributed by atoms with van der Waals surface area (Å²) in [5, 5.41) is 12.5. The third kappa shape index (κ3) is 4.33. The van der Waals surface area contributed by atoms with Crippen LogP contribution in [-0.4, -0.2) is 5.78 Å². The molecule has 0 radical (unpaired) electrons. The van der Waals surface area contributed by atoms with Crippen LogP contribution in [0.25, 0.3) is 28.0 Å². The molecule has 4 aromatic rings. The lowest BCUT2D eigenvalue weighted by Crippen LogP contribution is -2.06. The predicted molar refractivity (Wildman–Crippen MR) is 116 cm³/mol. The number of hydrogen-bond donors (Lipinski definition) is 0. The van der Waals surface area contributed by atoms with Crippen molar-refractivity contribution in [1.29, 1.82) is 0 Å². The van der Waals surface area contributed by atoms with E-state index in [0.717, 1.165) is 28.3 Å². The topological polar surface area (TPSA) is 40.1 Å². The fourth-order valence-electron chi connectivity index (χ4n) is 3.20. The minimum Gasteiger partial charge on any atom is -0.872 e. The molecule has 0 heterocycles. The summed E-state index contributed by atoms with van der Waals surface area (Å²) in [7, 11) is 0. The highest BCUT2D eigenvalue weighted by molar-refractivity contribution is 6.07. The van der Waals surface area contributed by atoms with E-state index in [1.165, 1.54) is 0 Å². The van der Waals surface area contributed by atoms with Crippen LogP contribution in [-0.2, 0) is 0 Å². The molecule has 0 amide bonds. The first-order valence-corrected chi connectivity index (χ1v) is 9.45. The van der Waals surface area contributed by atoms with Gasteiger partial charge in [-0.25, -0.2) is 0 Å². The van der Waals surface area contributed by atoms with E-state index >= 15 is 0 Å². The molecule has 0 atom stereocenters. The molecule has 4 aromatic carbocycles. The fourth-order valence-corrected chi connectivity index (χ4v) is 3.20. The number of allylic oxidation sites excluding steroid dienone is 1. The molecule has 29 heavy (non-hydrogen) atoms. The van der Waals surface area contributed by atoms with Crippen LogP contribution in [0.15, 0.2) is 115 Å². The van der Waals surface area contributed by atoms with Crippen LogP contribution in [0, 0.1) is 0 Å². The molecule has 0 aliphatic heterocycles. The van der Waals surface area contributed by atoms with Crippen molar-refractivity contribution in [1.82, 2.24) is 0 Å². The molecule has 2 heteroatoms. The summed E-state index contributed by atoms with van der Waals surface area (Å²) >= 11 is 0. The minimum atomic E-state index is -0.290. The molecule has 0 spiro atoms. The first kappa shape index (κ1) is 18.5. The largest absolute Gasteiger partial charge is 0.872 e. The molecule has 0 aliphatic carbocycles. The van der Waals surface area contributed by atoms with Crippen LogP contribution in [0.5, 0.6) is 0 Å². The van der Waals surface area contributed by atoms with E-state index in [1.807, 2.05) is 84.9 Å². The van der Waals surface area contributed by atoms with E-state index in [2.05, 4.69) is 0 Å². The van der Waals surface area contributed by atoms with Gasteiger partial charge < -0.3 is 5.11 Å². The molecule has 4 rings (SSSR count). The maximum Gasteiger partial charge on any atom is 0.185 e. The molecule has 140 valence electrons. The molecule has 0 aromatic heterocycles. The Morgan fingerprint density at radius 2 is 0.897 bits per heavy atom. The summed E-state index contributed by atoms with van der Waals surface area (Å²) in [6, 6.07) is 34.5. The van der Waals surface area contributed by atoms with E-state index in [9.17, 15) is 9.90 Å². The molecule has 0 saturated carbocycles. The fraction of sp³-hybridized carbons (Fsp3) is 0. The summed E-state index contributed by atoms with van der Waals surface area (Å²) in [6.07, 6.45) is 1.16. The second-order valence-electron chi connectivity index (χ2n) is 6.76. The molecular formula is C27H19O2-. The Hall–Kier alpha value is -3.91. The Morgan fingerprint density at radius 1 is 0.517 bits per heavy atom. The number of carbonyl (C=O) groups is 1.